The van der Waals surface area contributed by atoms with Gasteiger partial charge in [0.1, 0.15) is 9.99 Å². The molecule has 9 heteroatoms. The molecule has 0 spiro atoms. The molecular weight excluding hydrogens is 382 g/mol. The van der Waals surface area contributed by atoms with E-state index in [1.807, 2.05) is 0 Å². The van der Waals surface area contributed by atoms with Crippen molar-refractivity contribution in [2.45, 2.75) is 56.8 Å². The van der Waals surface area contributed by atoms with Crippen molar-refractivity contribution in [3.8, 4) is 0 Å². The molecule has 2 atom stereocenters. The highest BCUT2D eigenvalue weighted by atomic mass is 35.5. The van der Waals surface area contributed by atoms with Crippen LogP contribution in [0, 0.1) is 5.92 Å². The van der Waals surface area contributed by atoms with Gasteiger partial charge in [0.2, 0.25) is 0 Å². The third-order valence-corrected chi connectivity index (χ3v) is 6.41. The number of halogens is 1. The zero-order chi connectivity index (χ0) is 20.0. The van der Waals surface area contributed by atoms with Crippen LogP contribution in [0.2, 0.25) is 5.02 Å². The Morgan fingerprint density at radius 3 is 2.24 bits per heavy atom. The number of hydrogen-bond acceptors (Lipinski definition) is 6. The standard InChI is InChI=1S/C9H13ClN2O2S2.C7H15NO/c1-9(2,11)8(13)12-16(3,14)7-4-6(10)5-15-7;1-5(2)4-7(8)6(3)9/h4-5H,3,11H2,1-2H3,(H,12,13,14);5,7H,4,8H2,1-3H3. The molecule has 0 saturated heterocycles. The van der Waals surface area contributed by atoms with Crippen molar-refractivity contribution in [2.75, 3.05) is 0 Å². The topological polar surface area (TPSA) is 115 Å². The minimum atomic E-state index is -2.87. The van der Waals surface area contributed by atoms with Gasteiger partial charge in [-0.3, -0.25) is 14.3 Å². The lowest BCUT2D eigenvalue weighted by molar-refractivity contribution is -0.123. The summed E-state index contributed by atoms with van der Waals surface area (Å²) in [5.74, 6) is 3.59. The molecule has 0 aromatic carbocycles. The van der Waals surface area contributed by atoms with Crippen LogP contribution in [0.3, 0.4) is 0 Å². The maximum atomic E-state index is 12.1. The Bertz CT molecular complexity index is 692. The number of rotatable bonds is 6. The summed E-state index contributed by atoms with van der Waals surface area (Å²) >= 11 is 6.90. The zero-order valence-electron chi connectivity index (χ0n) is 15.3. The summed E-state index contributed by atoms with van der Waals surface area (Å²) in [5.41, 5.74) is 9.95. The Morgan fingerprint density at radius 1 is 1.44 bits per heavy atom. The largest absolute Gasteiger partial charge is 0.322 e. The molecule has 0 fully saturated rings. The summed E-state index contributed by atoms with van der Waals surface area (Å²) in [6.45, 7) is 8.71. The summed E-state index contributed by atoms with van der Waals surface area (Å²) in [7, 11) is -2.87. The molecule has 25 heavy (non-hydrogen) atoms. The molecule has 0 aliphatic heterocycles. The number of carbonyl (C=O) groups is 2. The van der Waals surface area contributed by atoms with Gasteiger partial charge in [0.15, 0.2) is 0 Å². The predicted octanol–water partition coefficient (Wildman–Crippen LogP) is 2.19. The third-order valence-electron chi connectivity index (χ3n) is 2.96. The van der Waals surface area contributed by atoms with Gasteiger partial charge in [0.25, 0.3) is 5.91 Å². The summed E-state index contributed by atoms with van der Waals surface area (Å²) in [6.07, 6.45) is 0.801. The van der Waals surface area contributed by atoms with Gasteiger partial charge in [-0.15, -0.1) is 11.3 Å². The average Bonchev–Trinajstić information content (AvgIpc) is 2.84. The third kappa shape index (κ3) is 9.37. The minimum Gasteiger partial charge on any atom is -0.322 e. The maximum absolute atomic E-state index is 12.1. The highest BCUT2D eigenvalue weighted by Crippen LogP contribution is 2.23. The molecule has 1 aromatic rings. The van der Waals surface area contributed by atoms with Crippen molar-refractivity contribution in [2.24, 2.45) is 17.4 Å². The van der Waals surface area contributed by atoms with Gasteiger partial charge in [0, 0.05) is 5.38 Å². The van der Waals surface area contributed by atoms with E-state index >= 15 is 0 Å². The van der Waals surface area contributed by atoms with E-state index in [9.17, 15) is 13.8 Å². The van der Waals surface area contributed by atoms with E-state index in [1.54, 1.807) is 5.38 Å². The summed E-state index contributed by atoms with van der Waals surface area (Å²) in [4.78, 5) is 22.1. The van der Waals surface area contributed by atoms with Crippen molar-refractivity contribution in [1.29, 1.82) is 0 Å². The summed E-state index contributed by atoms with van der Waals surface area (Å²) < 4.78 is 14.9. The van der Waals surface area contributed by atoms with E-state index in [-0.39, 0.29) is 11.8 Å². The lowest BCUT2D eigenvalue weighted by Crippen LogP contribution is -2.50. The summed E-state index contributed by atoms with van der Waals surface area (Å²) in [5, 5.41) is 2.10. The molecule has 1 heterocycles. The zero-order valence-corrected chi connectivity index (χ0v) is 17.7. The first-order valence-corrected chi connectivity index (χ1v) is 10.6. The van der Waals surface area contributed by atoms with Gasteiger partial charge in [0.05, 0.1) is 26.3 Å². The van der Waals surface area contributed by atoms with Crippen LogP contribution < -0.4 is 16.2 Å². The quantitative estimate of drug-likeness (QED) is 0.623. The second kappa shape index (κ2) is 9.68. The number of thiophene rings is 1. The molecule has 1 rings (SSSR count). The molecular formula is C16H28ClN3O3S2. The van der Waals surface area contributed by atoms with Gasteiger partial charge in [-0.1, -0.05) is 25.4 Å². The maximum Gasteiger partial charge on any atom is 0.250 e. The molecule has 1 amide bonds. The fraction of sp³-hybridized carbons (Fsp3) is 0.562. The predicted molar refractivity (Wildman–Crippen MR) is 107 cm³/mol. The number of ketones is 1. The normalized spacial score (nSPS) is 14.9. The van der Waals surface area contributed by atoms with Crippen molar-refractivity contribution in [3.05, 3.63) is 16.5 Å². The van der Waals surface area contributed by atoms with Gasteiger partial charge in [-0.2, -0.15) is 0 Å². The molecule has 6 nitrogen and oxygen atoms in total. The lowest BCUT2D eigenvalue weighted by atomic mass is 10.0. The van der Waals surface area contributed by atoms with Gasteiger partial charge < -0.3 is 11.5 Å². The fourth-order valence-electron chi connectivity index (χ4n) is 1.47. The van der Waals surface area contributed by atoms with Crippen LogP contribution >= 0.6 is 22.9 Å². The second-order valence-electron chi connectivity index (χ2n) is 6.76. The van der Waals surface area contributed by atoms with E-state index in [2.05, 4.69) is 24.4 Å². The SMILES string of the molecule is C=S(=O)(NC(=O)C(C)(C)N)c1cc(Cl)cs1.CC(=O)C(N)CC(C)C. The van der Waals surface area contributed by atoms with Crippen LogP contribution in [0.1, 0.15) is 41.0 Å². The number of amides is 1. The van der Waals surface area contributed by atoms with Crippen LogP contribution in [-0.4, -0.2) is 33.4 Å². The Kier molecular flexibility index (Phi) is 9.32. The first-order chi connectivity index (χ1) is 11.2. The Balaban J connectivity index is 0.000000547. The second-order valence-corrected chi connectivity index (χ2v) is 10.4. The van der Waals surface area contributed by atoms with Crippen molar-refractivity contribution in [1.82, 2.24) is 4.72 Å². The monoisotopic (exact) mass is 409 g/mol. The number of nitrogens with two attached hydrogens (primary N) is 2. The molecule has 0 aliphatic carbocycles. The van der Waals surface area contributed by atoms with E-state index in [1.165, 1.54) is 38.2 Å². The molecule has 0 bridgehead atoms. The lowest BCUT2D eigenvalue weighted by Gasteiger charge is -2.19. The Hall–Kier alpha value is -0.930. The van der Waals surface area contributed by atoms with Crippen LogP contribution in [0.25, 0.3) is 0 Å². The van der Waals surface area contributed by atoms with Crippen molar-refractivity contribution in [3.63, 3.8) is 0 Å². The molecule has 1 aromatic heterocycles. The van der Waals surface area contributed by atoms with Gasteiger partial charge >= 0.3 is 0 Å². The first-order valence-electron chi connectivity index (χ1n) is 7.65. The van der Waals surface area contributed by atoms with E-state index in [4.69, 9.17) is 23.1 Å². The summed E-state index contributed by atoms with van der Waals surface area (Å²) in [6, 6.07) is 1.27. The first kappa shape index (κ1) is 24.1. The fourth-order valence-corrected chi connectivity index (χ4v) is 4.21. The molecule has 2 unspecified atom stereocenters. The Morgan fingerprint density at radius 2 is 1.96 bits per heavy atom. The molecule has 0 aliphatic rings. The van der Waals surface area contributed by atoms with Crippen LogP contribution in [0.15, 0.2) is 15.7 Å². The number of carbonyl (C=O) groups excluding carboxylic acids is 2. The molecule has 5 N–H and O–H groups in total. The smallest absolute Gasteiger partial charge is 0.250 e. The highest BCUT2D eigenvalue weighted by molar-refractivity contribution is 8.00. The number of nitrogens with one attached hydrogen (secondary N) is 1. The van der Waals surface area contributed by atoms with Gasteiger partial charge in [-0.05, 0) is 45.0 Å². The number of Topliss-reactive ketones (excluding diaryl/α,β-unsaturated/α-hetero) is 1. The molecule has 144 valence electrons. The molecule has 0 saturated carbocycles. The van der Waals surface area contributed by atoms with E-state index in [0.29, 0.717) is 15.1 Å². The van der Waals surface area contributed by atoms with Crippen LogP contribution in [-0.2, 0) is 19.3 Å². The number of hydrogen-bond donors (Lipinski definition) is 3. The van der Waals surface area contributed by atoms with Crippen molar-refractivity contribution >= 4 is 50.2 Å². The highest BCUT2D eigenvalue weighted by Gasteiger charge is 2.25. The minimum absolute atomic E-state index is 0.0868. The molecule has 0 radical (unpaired) electrons. The van der Waals surface area contributed by atoms with Gasteiger partial charge in [-0.25, -0.2) is 4.21 Å². The van der Waals surface area contributed by atoms with Crippen molar-refractivity contribution < 1.29 is 13.8 Å². The average molecular weight is 410 g/mol. The van der Waals surface area contributed by atoms with Crippen LogP contribution in [0.4, 0.5) is 0 Å². The Labute approximate surface area is 159 Å². The van der Waals surface area contributed by atoms with Crippen LogP contribution in [0.5, 0.6) is 0 Å². The van der Waals surface area contributed by atoms with E-state index < -0.39 is 21.2 Å². The van der Waals surface area contributed by atoms with E-state index in [0.717, 1.165) is 6.42 Å².